The molecule has 6 heteroatoms. The molecule has 1 aliphatic heterocycles. The van der Waals surface area contributed by atoms with E-state index in [4.69, 9.17) is 16.0 Å². The summed E-state index contributed by atoms with van der Waals surface area (Å²) in [6.45, 7) is 0.667. The van der Waals surface area contributed by atoms with Crippen molar-refractivity contribution in [3.8, 4) is 0 Å². The number of fused-ring (bicyclic) bond motifs is 1. The van der Waals surface area contributed by atoms with Crippen LogP contribution in [0.1, 0.15) is 46.6 Å². The molecule has 0 unspecified atom stereocenters. The van der Waals surface area contributed by atoms with E-state index in [0.717, 1.165) is 34.9 Å². The summed E-state index contributed by atoms with van der Waals surface area (Å²) in [4.78, 5) is 24.1. The third kappa shape index (κ3) is 3.57. The summed E-state index contributed by atoms with van der Waals surface area (Å²) in [7, 11) is 0. The second-order valence-corrected chi connectivity index (χ2v) is 7.95. The van der Waals surface area contributed by atoms with E-state index in [9.17, 15) is 4.79 Å². The molecule has 5 nitrogen and oxygen atoms in total. The van der Waals surface area contributed by atoms with E-state index in [1.165, 1.54) is 0 Å². The molecule has 30 heavy (non-hydrogen) atoms. The van der Waals surface area contributed by atoms with Gasteiger partial charge in [0, 0.05) is 29.6 Å². The molecule has 2 aromatic carbocycles. The fraction of sp³-hybridized carbons (Fsp3) is 0.208. The number of pyridine rings is 1. The number of carbonyl (C=O) groups excluding carboxylic acids is 1. The molecule has 150 valence electrons. The first kappa shape index (κ1) is 18.8. The molecule has 1 aliphatic rings. The van der Waals surface area contributed by atoms with Crippen molar-refractivity contribution in [1.82, 2.24) is 14.9 Å². The topological polar surface area (TPSA) is 59.2 Å². The Hall–Kier alpha value is -3.18. The monoisotopic (exact) mass is 417 g/mol. The molecule has 1 fully saturated rings. The van der Waals surface area contributed by atoms with Gasteiger partial charge in [-0.3, -0.25) is 9.78 Å². The van der Waals surface area contributed by atoms with Gasteiger partial charge >= 0.3 is 0 Å². The van der Waals surface area contributed by atoms with Gasteiger partial charge in [-0.15, -0.1) is 0 Å². The number of amides is 1. The summed E-state index contributed by atoms with van der Waals surface area (Å²) in [5.41, 5.74) is 1.54. The number of carbonyl (C=O) groups is 1. The van der Waals surface area contributed by atoms with Crippen LogP contribution in [-0.2, 0) is 6.42 Å². The van der Waals surface area contributed by atoms with Gasteiger partial charge in [0.1, 0.15) is 17.5 Å². The average Bonchev–Trinajstić information content (AvgIpc) is 3.42. The van der Waals surface area contributed by atoms with E-state index < -0.39 is 0 Å². The Balaban J connectivity index is 1.40. The lowest BCUT2D eigenvalue weighted by Crippen LogP contribution is -2.31. The standard InChI is InChI=1S/C24H20ClN3O2/c25-18-7-3-5-16(13-18)14-19-15-27-23(30-19)21-9-4-12-28(21)24(29)22-20-8-2-1-6-17(20)10-11-26-22/h1-3,5-8,10-11,13,15,21H,4,9,12,14H2/t21-/m1/s1. The Morgan fingerprint density at radius 1 is 1.13 bits per heavy atom. The third-order valence-corrected chi connectivity index (χ3v) is 5.75. The summed E-state index contributed by atoms with van der Waals surface area (Å²) in [6, 6.07) is 17.3. The van der Waals surface area contributed by atoms with Crippen LogP contribution in [0, 0.1) is 0 Å². The van der Waals surface area contributed by atoms with Crippen LogP contribution < -0.4 is 0 Å². The number of hydrogen-bond acceptors (Lipinski definition) is 4. The SMILES string of the molecule is O=C(c1nccc2ccccc12)N1CCC[C@@H]1c1ncc(Cc2cccc(Cl)c2)o1. The van der Waals surface area contributed by atoms with Gasteiger partial charge in [0.05, 0.1) is 6.20 Å². The Labute approximate surface area is 179 Å². The van der Waals surface area contributed by atoms with E-state index in [0.29, 0.717) is 29.6 Å². The van der Waals surface area contributed by atoms with Crippen molar-refractivity contribution >= 4 is 28.3 Å². The lowest BCUT2D eigenvalue weighted by molar-refractivity contribution is 0.0711. The maximum absolute atomic E-state index is 13.4. The molecule has 0 bridgehead atoms. The molecule has 1 atom stereocenters. The van der Waals surface area contributed by atoms with E-state index in [1.54, 1.807) is 12.4 Å². The third-order valence-electron chi connectivity index (χ3n) is 5.51. The first-order valence-electron chi connectivity index (χ1n) is 10.0. The van der Waals surface area contributed by atoms with Gasteiger partial charge < -0.3 is 9.32 Å². The van der Waals surface area contributed by atoms with Gasteiger partial charge in [-0.25, -0.2) is 4.98 Å². The zero-order valence-corrected chi connectivity index (χ0v) is 17.0. The molecule has 1 amide bonds. The van der Waals surface area contributed by atoms with Crippen molar-refractivity contribution < 1.29 is 9.21 Å². The van der Waals surface area contributed by atoms with Gasteiger partial charge in [-0.2, -0.15) is 0 Å². The highest BCUT2D eigenvalue weighted by Gasteiger charge is 2.35. The summed E-state index contributed by atoms with van der Waals surface area (Å²) in [6.07, 6.45) is 5.78. The molecule has 0 spiro atoms. The van der Waals surface area contributed by atoms with Crippen molar-refractivity contribution in [1.29, 1.82) is 0 Å². The zero-order valence-electron chi connectivity index (χ0n) is 16.3. The van der Waals surface area contributed by atoms with E-state index in [-0.39, 0.29) is 11.9 Å². The Morgan fingerprint density at radius 3 is 2.93 bits per heavy atom. The van der Waals surface area contributed by atoms with E-state index in [1.807, 2.05) is 59.5 Å². The largest absolute Gasteiger partial charge is 0.443 e. The molecule has 3 heterocycles. The smallest absolute Gasteiger partial charge is 0.273 e. The minimum atomic E-state index is -0.175. The van der Waals surface area contributed by atoms with Crippen LogP contribution in [0.25, 0.3) is 10.8 Å². The van der Waals surface area contributed by atoms with Crippen LogP contribution >= 0.6 is 11.6 Å². The number of halogens is 1. The minimum absolute atomic E-state index is 0.0797. The number of hydrogen-bond donors (Lipinski definition) is 0. The van der Waals surface area contributed by atoms with Gasteiger partial charge in [0.25, 0.3) is 5.91 Å². The van der Waals surface area contributed by atoms with Crippen LogP contribution in [0.3, 0.4) is 0 Å². The quantitative estimate of drug-likeness (QED) is 0.443. The number of nitrogens with zero attached hydrogens (tertiary/aromatic N) is 3. The molecular formula is C24H20ClN3O2. The zero-order chi connectivity index (χ0) is 20.5. The maximum atomic E-state index is 13.4. The number of rotatable bonds is 4. The average molecular weight is 418 g/mol. The molecule has 1 saturated heterocycles. The number of benzene rings is 2. The Kier molecular flexibility index (Phi) is 4.97. The fourth-order valence-corrected chi connectivity index (χ4v) is 4.31. The number of oxazole rings is 1. The van der Waals surface area contributed by atoms with Crippen molar-refractivity contribution in [2.45, 2.75) is 25.3 Å². The van der Waals surface area contributed by atoms with Crippen LogP contribution in [0.2, 0.25) is 5.02 Å². The molecule has 0 radical (unpaired) electrons. The second-order valence-electron chi connectivity index (χ2n) is 7.51. The summed E-state index contributed by atoms with van der Waals surface area (Å²) >= 11 is 6.08. The minimum Gasteiger partial charge on any atom is -0.443 e. The van der Waals surface area contributed by atoms with Crippen LogP contribution in [-0.4, -0.2) is 27.3 Å². The summed E-state index contributed by atoms with van der Waals surface area (Å²) in [5.74, 6) is 1.26. The summed E-state index contributed by atoms with van der Waals surface area (Å²) in [5, 5.41) is 2.57. The van der Waals surface area contributed by atoms with Crippen LogP contribution in [0.4, 0.5) is 0 Å². The normalized spacial score (nSPS) is 16.3. The highest BCUT2D eigenvalue weighted by atomic mass is 35.5. The van der Waals surface area contributed by atoms with Gasteiger partial charge in [-0.05, 0) is 42.0 Å². The first-order valence-corrected chi connectivity index (χ1v) is 10.4. The highest BCUT2D eigenvalue weighted by Crippen LogP contribution is 2.34. The molecular weight excluding hydrogens is 398 g/mol. The molecule has 0 N–H and O–H groups in total. The van der Waals surface area contributed by atoms with Crippen LogP contribution in [0.5, 0.6) is 0 Å². The van der Waals surface area contributed by atoms with E-state index in [2.05, 4.69) is 9.97 Å². The van der Waals surface area contributed by atoms with Gasteiger partial charge in [-0.1, -0.05) is 48.0 Å². The van der Waals surface area contributed by atoms with Crippen molar-refractivity contribution in [3.05, 3.63) is 94.9 Å². The summed E-state index contributed by atoms with van der Waals surface area (Å²) < 4.78 is 6.05. The fourth-order valence-electron chi connectivity index (χ4n) is 4.10. The van der Waals surface area contributed by atoms with E-state index >= 15 is 0 Å². The number of likely N-dealkylation sites (tertiary alicyclic amines) is 1. The predicted octanol–water partition coefficient (Wildman–Crippen LogP) is 5.44. The molecule has 0 saturated carbocycles. The molecule has 2 aromatic heterocycles. The van der Waals surface area contributed by atoms with Gasteiger partial charge in [0.15, 0.2) is 0 Å². The molecule has 0 aliphatic carbocycles. The predicted molar refractivity (Wildman–Crippen MR) is 116 cm³/mol. The lowest BCUT2D eigenvalue weighted by atomic mass is 10.1. The van der Waals surface area contributed by atoms with Crippen molar-refractivity contribution in [2.75, 3.05) is 6.54 Å². The lowest BCUT2D eigenvalue weighted by Gasteiger charge is -2.22. The maximum Gasteiger partial charge on any atom is 0.273 e. The Morgan fingerprint density at radius 2 is 2.03 bits per heavy atom. The van der Waals surface area contributed by atoms with Crippen LogP contribution in [0.15, 0.2) is 71.4 Å². The molecule has 4 aromatic rings. The Bertz CT molecular complexity index is 1210. The number of aromatic nitrogens is 2. The highest BCUT2D eigenvalue weighted by molar-refractivity contribution is 6.30. The second kappa shape index (κ2) is 7.92. The van der Waals surface area contributed by atoms with Gasteiger partial charge in [0.2, 0.25) is 5.89 Å². The van der Waals surface area contributed by atoms with Crippen molar-refractivity contribution in [2.24, 2.45) is 0 Å². The molecule has 5 rings (SSSR count). The first-order chi connectivity index (χ1) is 14.7. The van der Waals surface area contributed by atoms with Crippen molar-refractivity contribution in [3.63, 3.8) is 0 Å².